The molecule has 1 fully saturated rings. The van der Waals surface area contributed by atoms with E-state index in [-0.39, 0.29) is 17.2 Å². The number of hydrogen-bond donors (Lipinski definition) is 2. The average Bonchev–Trinajstić information content (AvgIpc) is 3.18. The van der Waals surface area contributed by atoms with E-state index in [2.05, 4.69) is 32.2 Å². The van der Waals surface area contributed by atoms with Crippen LogP contribution in [0, 0.1) is 26.7 Å². The number of aromatic amines is 1. The number of amides is 1. The molecule has 2 heterocycles. The molecule has 0 unspecified atom stereocenters. The van der Waals surface area contributed by atoms with Crippen LogP contribution < -0.4 is 10.1 Å². The van der Waals surface area contributed by atoms with E-state index in [1.54, 1.807) is 19.1 Å². The molecule has 8 heteroatoms. The summed E-state index contributed by atoms with van der Waals surface area (Å²) < 4.78 is 42.9. The average molecular weight is 486 g/mol. The Morgan fingerprint density at radius 3 is 2.37 bits per heavy atom. The molecule has 1 amide bonds. The fourth-order valence-corrected chi connectivity index (χ4v) is 5.00. The quantitative estimate of drug-likeness (QED) is 0.413. The van der Waals surface area contributed by atoms with Crippen LogP contribution in [0.1, 0.15) is 64.6 Å². The summed E-state index contributed by atoms with van der Waals surface area (Å²) in [5.74, 6) is 0.208. The van der Waals surface area contributed by atoms with Gasteiger partial charge in [-0.1, -0.05) is 12.1 Å². The summed E-state index contributed by atoms with van der Waals surface area (Å²) in [7, 11) is 0. The Bertz CT molecular complexity index is 1170. The molecule has 1 aliphatic carbocycles. The normalized spacial score (nSPS) is 18.3. The SMILES string of the molecule is Cc1cc(C2CCC(CNC(=O)c3cc(C)[nH]c3-c3ccccc3OC(F)(F)F)CC2)cc(C)n1. The molecule has 0 atom stereocenters. The van der Waals surface area contributed by atoms with Crippen LogP contribution in [-0.4, -0.2) is 28.8 Å². The second-order valence-corrected chi connectivity index (χ2v) is 9.40. The van der Waals surface area contributed by atoms with Gasteiger partial charge in [-0.2, -0.15) is 0 Å². The number of pyridine rings is 1. The number of carbonyl (C=O) groups is 1. The van der Waals surface area contributed by atoms with Crippen LogP contribution in [0.5, 0.6) is 5.75 Å². The molecule has 0 bridgehead atoms. The van der Waals surface area contributed by atoms with Gasteiger partial charge in [0.05, 0.1) is 11.3 Å². The van der Waals surface area contributed by atoms with Gasteiger partial charge in [0, 0.05) is 29.2 Å². The van der Waals surface area contributed by atoms with Crippen molar-refractivity contribution in [3.05, 3.63) is 70.7 Å². The summed E-state index contributed by atoms with van der Waals surface area (Å²) in [5.41, 5.74) is 4.89. The number of para-hydroxylation sites is 1. The first-order chi connectivity index (χ1) is 16.6. The Balaban J connectivity index is 1.41. The molecule has 35 heavy (non-hydrogen) atoms. The monoisotopic (exact) mass is 485 g/mol. The van der Waals surface area contributed by atoms with Crippen LogP contribution >= 0.6 is 0 Å². The smallest absolute Gasteiger partial charge is 0.405 e. The highest BCUT2D eigenvalue weighted by molar-refractivity contribution is 6.01. The lowest BCUT2D eigenvalue weighted by Gasteiger charge is -2.29. The van der Waals surface area contributed by atoms with E-state index in [4.69, 9.17) is 0 Å². The first-order valence-electron chi connectivity index (χ1n) is 11.9. The number of hydrogen-bond acceptors (Lipinski definition) is 3. The molecule has 186 valence electrons. The molecule has 3 aromatic rings. The molecule has 5 nitrogen and oxygen atoms in total. The second kappa shape index (κ2) is 10.1. The van der Waals surface area contributed by atoms with Gasteiger partial charge in [-0.05, 0) is 94.2 Å². The molecule has 2 aromatic heterocycles. The van der Waals surface area contributed by atoms with Gasteiger partial charge < -0.3 is 15.0 Å². The van der Waals surface area contributed by atoms with Crippen molar-refractivity contribution in [1.29, 1.82) is 0 Å². The van der Waals surface area contributed by atoms with Crippen LogP contribution in [0.4, 0.5) is 13.2 Å². The van der Waals surface area contributed by atoms with E-state index in [0.717, 1.165) is 37.1 Å². The fraction of sp³-hybridized carbons (Fsp3) is 0.407. The minimum atomic E-state index is -4.83. The highest BCUT2D eigenvalue weighted by atomic mass is 19.4. The molecule has 1 aromatic carbocycles. The van der Waals surface area contributed by atoms with Gasteiger partial charge in [0.1, 0.15) is 5.75 Å². The third-order valence-corrected chi connectivity index (χ3v) is 6.55. The predicted molar refractivity (Wildman–Crippen MR) is 128 cm³/mol. The molecule has 0 spiro atoms. The van der Waals surface area contributed by atoms with Gasteiger partial charge in [-0.15, -0.1) is 13.2 Å². The van der Waals surface area contributed by atoms with Crippen LogP contribution in [0.25, 0.3) is 11.3 Å². The Hall–Kier alpha value is -3.29. The maximum atomic E-state index is 13.1. The second-order valence-electron chi connectivity index (χ2n) is 9.40. The Labute approximate surface area is 203 Å². The molecule has 0 radical (unpaired) electrons. The molecular weight excluding hydrogens is 455 g/mol. The molecule has 1 aliphatic rings. The number of benzene rings is 1. The number of H-pyrrole nitrogens is 1. The zero-order valence-corrected chi connectivity index (χ0v) is 20.1. The number of halogens is 3. The summed E-state index contributed by atoms with van der Waals surface area (Å²) in [4.78, 5) is 20.5. The van der Waals surface area contributed by atoms with Crippen molar-refractivity contribution in [3.8, 4) is 17.0 Å². The summed E-state index contributed by atoms with van der Waals surface area (Å²) >= 11 is 0. The third-order valence-electron chi connectivity index (χ3n) is 6.55. The minimum Gasteiger partial charge on any atom is -0.405 e. The maximum Gasteiger partial charge on any atom is 0.573 e. The highest BCUT2D eigenvalue weighted by Gasteiger charge is 2.33. The third kappa shape index (κ3) is 6.24. The number of carbonyl (C=O) groups excluding carboxylic acids is 1. The summed E-state index contributed by atoms with van der Waals surface area (Å²) in [6.45, 7) is 6.33. The van der Waals surface area contributed by atoms with E-state index in [0.29, 0.717) is 35.3 Å². The van der Waals surface area contributed by atoms with Crippen LogP contribution in [0.2, 0.25) is 0 Å². The van der Waals surface area contributed by atoms with E-state index >= 15 is 0 Å². The Kier molecular flexibility index (Phi) is 7.19. The minimum absolute atomic E-state index is 0.187. The highest BCUT2D eigenvalue weighted by Crippen LogP contribution is 2.37. The summed E-state index contributed by atoms with van der Waals surface area (Å²) in [5, 5.41) is 3.00. The summed E-state index contributed by atoms with van der Waals surface area (Å²) in [6.07, 6.45) is -0.702. The zero-order chi connectivity index (χ0) is 25.2. The first-order valence-corrected chi connectivity index (χ1v) is 11.9. The standard InChI is InChI=1S/C27H30F3N3O2/c1-16-12-21(13-17(2)32-16)20-10-8-19(9-11-20)15-31-26(34)23-14-18(3)33-25(23)22-6-4-5-7-24(22)35-27(28,29)30/h4-7,12-14,19-20,33H,8-11,15H2,1-3H3,(H,31,34). The van der Waals surface area contributed by atoms with Crippen molar-refractivity contribution in [2.24, 2.45) is 5.92 Å². The van der Waals surface area contributed by atoms with Gasteiger partial charge >= 0.3 is 6.36 Å². The molecule has 0 saturated heterocycles. The Morgan fingerprint density at radius 2 is 1.71 bits per heavy atom. The summed E-state index contributed by atoms with van der Waals surface area (Å²) in [6, 6.07) is 11.8. The van der Waals surface area contributed by atoms with Crippen LogP contribution in [0.15, 0.2) is 42.5 Å². The molecule has 4 rings (SSSR count). The van der Waals surface area contributed by atoms with Crippen molar-refractivity contribution < 1.29 is 22.7 Å². The van der Waals surface area contributed by atoms with Crippen molar-refractivity contribution in [2.75, 3.05) is 6.54 Å². The number of alkyl halides is 3. The van der Waals surface area contributed by atoms with Gasteiger partial charge in [-0.3, -0.25) is 9.78 Å². The topological polar surface area (TPSA) is 67.0 Å². The number of nitrogens with one attached hydrogen (secondary N) is 2. The van der Waals surface area contributed by atoms with Crippen LogP contribution in [-0.2, 0) is 0 Å². The van der Waals surface area contributed by atoms with Crippen molar-refractivity contribution in [3.63, 3.8) is 0 Å². The lowest BCUT2D eigenvalue weighted by molar-refractivity contribution is -0.274. The van der Waals surface area contributed by atoms with Gasteiger partial charge in [-0.25, -0.2) is 0 Å². The van der Waals surface area contributed by atoms with E-state index in [9.17, 15) is 18.0 Å². The molecular formula is C27H30F3N3O2. The number of aromatic nitrogens is 2. The maximum absolute atomic E-state index is 13.1. The number of rotatable bonds is 6. The molecule has 1 saturated carbocycles. The van der Waals surface area contributed by atoms with Gasteiger partial charge in [0.2, 0.25) is 0 Å². The largest absolute Gasteiger partial charge is 0.573 e. The molecule has 0 aliphatic heterocycles. The van der Waals surface area contributed by atoms with Gasteiger partial charge in [0.25, 0.3) is 5.91 Å². The van der Waals surface area contributed by atoms with Crippen LogP contribution in [0.3, 0.4) is 0 Å². The van der Waals surface area contributed by atoms with E-state index in [1.807, 2.05) is 13.8 Å². The fourth-order valence-electron chi connectivity index (χ4n) is 5.00. The Morgan fingerprint density at radius 1 is 1.06 bits per heavy atom. The van der Waals surface area contributed by atoms with E-state index in [1.165, 1.54) is 23.8 Å². The molecule has 2 N–H and O–H groups in total. The number of nitrogens with zero attached hydrogens (tertiary/aromatic N) is 1. The number of ether oxygens (including phenoxy) is 1. The van der Waals surface area contributed by atoms with E-state index < -0.39 is 6.36 Å². The lowest BCUT2D eigenvalue weighted by Crippen LogP contribution is -2.31. The zero-order valence-electron chi connectivity index (χ0n) is 20.1. The van der Waals surface area contributed by atoms with Gasteiger partial charge in [0.15, 0.2) is 0 Å². The first kappa shape index (κ1) is 24.8. The van der Waals surface area contributed by atoms with Crippen molar-refractivity contribution >= 4 is 5.91 Å². The van der Waals surface area contributed by atoms with Crippen molar-refractivity contribution in [1.82, 2.24) is 15.3 Å². The predicted octanol–water partition coefficient (Wildman–Crippen LogP) is 6.60. The van der Waals surface area contributed by atoms with Crippen molar-refractivity contribution in [2.45, 2.75) is 58.7 Å². The number of aryl methyl sites for hydroxylation is 3. The lowest BCUT2D eigenvalue weighted by atomic mass is 9.78.